The number of benzene rings is 1. The zero-order valence-corrected chi connectivity index (χ0v) is 13.6. The number of hydrogen-bond donors (Lipinski definition) is 0. The molecule has 0 spiro atoms. The number of halogens is 1. The van der Waals surface area contributed by atoms with Crippen molar-refractivity contribution in [2.75, 3.05) is 12.4 Å². The molecule has 0 saturated carbocycles. The molecule has 0 radical (unpaired) electrons. The average molecular weight is 339 g/mol. The lowest BCUT2D eigenvalue weighted by Gasteiger charge is -2.13. The predicted octanol–water partition coefficient (Wildman–Crippen LogP) is 4.87. The highest BCUT2D eigenvalue weighted by molar-refractivity contribution is 9.09. The van der Waals surface area contributed by atoms with Crippen molar-refractivity contribution in [3.63, 3.8) is 0 Å². The van der Waals surface area contributed by atoms with Gasteiger partial charge in [0.05, 0.1) is 7.11 Å². The molecule has 1 nitrogen and oxygen atoms in total. The van der Waals surface area contributed by atoms with Crippen LogP contribution in [0.15, 0.2) is 35.0 Å². The van der Waals surface area contributed by atoms with E-state index in [0.717, 1.165) is 30.3 Å². The number of rotatable bonds is 7. The molecule has 0 aliphatic rings. The van der Waals surface area contributed by atoms with Crippen molar-refractivity contribution >= 4 is 27.3 Å². The number of alkyl halides is 1. The van der Waals surface area contributed by atoms with Crippen molar-refractivity contribution in [2.24, 2.45) is 0 Å². The second-order valence-corrected chi connectivity index (χ2v) is 6.10. The fraction of sp³-hybridized carbons (Fsp3) is 0.375. The van der Waals surface area contributed by atoms with E-state index < -0.39 is 0 Å². The van der Waals surface area contributed by atoms with Crippen LogP contribution in [0.3, 0.4) is 0 Å². The molecule has 0 aliphatic carbocycles. The Labute approximate surface area is 127 Å². The Kier molecular flexibility index (Phi) is 5.93. The first-order valence-corrected chi connectivity index (χ1v) is 8.63. The van der Waals surface area contributed by atoms with E-state index >= 15 is 0 Å². The summed E-state index contributed by atoms with van der Waals surface area (Å²) in [4.78, 5) is 0. The third kappa shape index (κ3) is 4.08. The average Bonchev–Trinajstić information content (AvgIpc) is 2.96. The minimum atomic E-state index is 1.03. The lowest BCUT2D eigenvalue weighted by molar-refractivity contribution is 0.408. The van der Waals surface area contributed by atoms with Crippen LogP contribution in [-0.4, -0.2) is 12.4 Å². The van der Waals surface area contributed by atoms with E-state index in [1.165, 1.54) is 23.1 Å². The minimum absolute atomic E-state index is 1.03. The monoisotopic (exact) mass is 338 g/mol. The molecule has 0 aliphatic heterocycles. The summed E-state index contributed by atoms with van der Waals surface area (Å²) in [5.74, 6) is 1.03. The number of aryl methyl sites for hydroxylation is 2. The van der Waals surface area contributed by atoms with Crippen LogP contribution in [-0.2, 0) is 19.3 Å². The van der Waals surface area contributed by atoms with Crippen LogP contribution in [0.1, 0.15) is 23.1 Å². The highest BCUT2D eigenvalue weighted by Crippen LogP contribution is 2.25. The van der Waals surface area contributed by atoms with Gasteiger partial charge in [0, 0.05) is 5.33 Å². The quantitative estimate of drug-likeness (QED) is 0.654. The summed E-state index contributed by atoms with van der Waals surface area (Å²) in [6, 6.07) is 8.60. The predicted molar refractivity (Wildman–Crippen MR) is 86.8 cm³/mol. The van der Waals surface area contributed by atoms with E-state index in [-0.39, 0.29) is 0 Å². The molecule has 0 fully saturated rings. The van der Waals surface area contributed by atoms with E-state index in [0.29, 0.717) is 0 Å². The largest absolute Gasteiger partial charge is 0.496 e. The zero-order chi connectivity index (χ0) is 13.5. The SMILES string of the molecule is COc1cccc(CCCBr)c1CCc1ccsc1. The summed E-state index contributed by atoms with van der Waals surface area (Å²) in [6.45, 7) is 0. The third-order valence-electron chi connectivity index (χ3n) is 3.27. The van der Waals surface area contributed by atoms with E-state index in [1.807, 2.05) is 0 Å². The summed E-state index contributed by atoms with van der Waals surface area (Å²) < 4.78 is 5.53. The molecule has 0 bridgehead atoms. The van der Waals surface area contributed by atoms with Gasteiger partial charge in [-0.15, -0.1) is 0 Å². The van der Waals surface area contributed by atoms with E-state index in [1.54, 1.807) is 18.4 Å². The van der Waals surface area contributed by atoms with Crippen molar-refractivity contribution in [3.05, 3.63) is 51.7 Å². The Morgan fingerprint density at radius 3 is 2.74 bits per heavy atom. The van der Waals surface area contributed by atoms with Gasteiger partial charge in [-0.05, 0) is 65.3 Å². The van der Waals surface area contributed by atoms with Gasteiger partial charge in [-0.25, -0.2) is 0 Å². The zero-order valence-electron chi connectivity index (χ0n) is 11.2. The minimum Gasteiger partial charge on any atom is -0.496 e. The molecule has 2 rings (SSSR count). The molecule has 1 heterocycles. The fourth-order valence-electron chi connectivity index (χ4n) is 2.28. The number of hydrogen-bond acceptors (Lipinski definition) is 2. The molecule has 1 aromatic carbocycles. The van der Waals surface area contributed by atoms with Crippen LogP contribution in [0.4, 0.5) is 0 Å². The smallest absolute Gasteiger partial charge is 0.122 e. The van der Waals surface area contributed by atoms with Gasteiger partial charge < -0.3 is 4.74 Å². The number of thiophene rings is 1. The molecule has 1 aromatic heterocycles. The van der Waals surface area contributed by atoms with E-state index in [9.17, 15) is 0 Å². The molecular weight excluding hydrogens is 320 g/mol. The van der Waals surface area contributed by atoms with Gasteiger partial charge in [-0.1, -0.05) is 28.1 Å². The molecule has 0 unspecified atom stereocenters. The Morgan fingerprint density at radius 1 is 1.16 bits per heavy atom. The molecule has 2 aromatic rings. The summed E-state index contributed by atoms with van der Waals surface area (Å²) in [5.41, 5.74) is 4.22. The first kappa shape index (κ1) is 14.6. The molecule has 0 saturated heterocycles. The number of ether oxygens (including phenoxy) is 1. The summed E-state index contributed by atoms with van der Waals surface area (Å²) >= 11 is 5.27. The summed E-state index contributed by atoms with van der Waals surface area (Å²) in [7, 11) is 1.76. The van der Waals surface area contributed by atoms with Crippen LogP contribution >= 0.6 is 27.3 Å². The van der Waals surface area contributed by atoms with Crippen molar-refractivity contribution in [1.82, 2.24) is 0 Å². The molecule has 19 heavy (non-hydrogen) atoms. The maximum absolute atomic E-state index is 5.53. The maximum atomic E-state index is 5.53. The topological polar surface area (TPSA) is 9.23 Å². The molecule has 102 valence electrons. The van der Waals surface area contributed by atoms with Crippen LogP contribution < -0.4 is 4.74 Å². The summed E-state index contributed by atoms with van der Waals surface area (Å²) in [6.07, 6.45) is 4.42. The third-order valence-corrected chi connectivity index (χ3v) is 4.57. The first-order chi connectivity index (χ1) is 9.35. The lowest BCUT2D eigenvalue weighted by atomic mass is 9.97. The van der Waals surface area contributed by atoms with Crippen LogP contribution in [0.5, 0.6) is 5.75 Å². The highest BCUT2D eigenvalue weighted by Gasteiger charge is 2.09. The lowest BCUT2D eigenvalue weighted by Crippen LogP contribution is -2.01. The Hall–Kier alpha value is -0.800. The van der Waals surface area contributed by atoms with Crippen LogP contribution in [0.25, 0.3) is 0 Å². The van der Waals surface area contributed by atoms with Crippen molar-refractivity contribution in [3.8, 4) is 5.75 Å². The van der Waals surface area contributed by atoms with Crippen molar-refractivity contribution in [2.45, 2.75) is 25.7 Å². The Morgan fingerprint density at radius 2 is 2.05 bits per heavy atom. The highest BCUT2D eigenvalue weighted by atomic mass is 79.9. The van der Waals surface area contributed by atoms with Gasteiger partial charge in [0.15, 0.2) is 0 Å². The molecule has 0 N–H and O–H groups in total. The molecule has 3 heteroatoms. The van der Waals surface area contributed by atoms with E-state index in [2.05, 4.69) is 51.0 Å². The van der Waals surface area contributed by atoms with Gasteiger partial charge >= 0.3 is 0 Å². The van der Waals surface area contributed by atoms with Gasteiger partial charge in [0.25, 0.3) is 0 Å². The van der Waals surface area contributed by atoms with Crippen LogP contribution in [0.2, 0.25) is 0 Å². The second kappa shape index (κ2) is 7.71. The number of methoxy groups -OCH3 is 1. The molecule has 0 atom stereocenters. The van der Waals surface area contributed by atoms with Crippen molar-refractivity contribution in [1.29, 1.82) is 0 Å². The van der Waals surface area contributed by atoms with Gasteiger partial charge in [0.2, 0.25) is 0 Å². The fourth-order valence-corrected chi connectivity index (χ4v) is 3.27. The second-order valence-electron chi connectivity index (χ2n) is 4.52. The standard InChI is InChI=1S/C16H19BrOS/c1-18-16-6-2-4-14(5-3-10-17)15(16)8-7-13-9-11-19-12-13/h2,4,6,9,11-12H,3,5,7-8,10H2,1H3. The first-order valence-electron chi connectivity index (χ1n) is 6.57. The van der Waals surface area contributed by atoms with Gasteiger partial charge in [0.1, 0.15) is 5.75 Å². The Bertz CT molecular complexity index is 493. The van der Waals surface area contributed by atoms with E-state index in [4.69, 9.17) is 4.74 Å². The molecular formula is C16H19BrOS. The van der Waals surface area contributed by atoms with Crippen LogP contribution in [0, 0.1) is 0 Å². The molecule has 0 amide bonds. The summed E-state index contributed by atoms with van der Waals surface area (Å²) in [5, 5.41) is 5.42. The van der Waals surface area contributed by atoms with Gasteiger partial charge in [-0.3, -0.25) is 0 Å². The maximum Gasteiger partial charge on any atom is 0.122 e. The Balaban J connectivity index is 2.14. The van der Waals surface area contributed by atoms with Crippen molar-refractivity contribution < 1.29 is 4.74 Å². The normalized spacial score (nSPS) is 10.6. The van der Waals surface area contributed by atoms with Gasteiger partial charge in [-0.2, -0.15) is 11.3 Å².